The summed E-state index contributed by atoms with van der Waals surface area (Å²) in [5, 5.41) is 0. The lowest BCUT2D eigenvalue weighted by Crippen LogP contribution is -2.40. The van der Waals surface area contributed by atoms with Crippen LogP contribution in [-0.2, 0) is 6.54 Å². The number of nitrogens with zero attached hydrogens (tertiary/aromatic N) is 1. The van der Waals surface area contributed by atoms with Crippen LogP contribution in [0.1, 0.15) is 42.9 Å². The van der Waals surface area contributed by atoms with E-state index < -0.39 is 0 Å². The molecule has 0 radical (unpaired) electrons. The van der Waals surface area contributed by atoms with E-state index in [1.807, 2.05) is 0 Å². The van der Waals surface area contributed by atoms with Crippen LogP contribution in [0, 0.1) is 0 Å². The summed E-state index contributed by atoms with van der Waals surface area (Å²) >= 11 is 0. The van der Waals surface area contributed by atoms with Gasteiger partial charge in [-0.05, 0) is 36.8 Å². The molecule has 2 fully saturated rings. The van der Waals surface area contributed by atoms with E-state index in [4.69, 9.17) is 5.73 Å². The summed E-state index contributed by atoms with van der Waals surface area (Å²) in [5.74, 6) is 0. The molecule has 16 heavy (non-hydrogen) atoms. The van der Waals surface area contributed by atoms with Gasteiger partial charge in [0.25, 0.3) is 0 Å². The second-order valence-electron chi connectivity index (χ2n) is 5.74. The molecule has 84 valence electrons. The summed E-state index contributed by atoms with van der Waals surface area (Å²) < 4.78 is 0. The molecule has 2 heteroatoms. The van der Waals surface area contributed by atoms with Gasteiger partial charge in [0.1, 0.15) is 0 Å². The molecule has 1 aromatic carbocycles. The molecule has 1 aromatic rings. The van der Waals surface area contributed by atoms with Gasteiger partial charge in [-0.3, -0.25) is 4.90 Å². The van der Waals surface area contributed by atoms with Crippen molar-refractivity contribution in [3.05, 3.63) is 35.4 Å². The Labute approximate surface area is 96.4 Å². The second-order valence-corrected chi connectivity index (χ2v) is 5.74. The minimum Gasteiger partial charge on any atom is -0.323 e. The number of rotatable bonds is 2. The molecule has 1 heterocycles. The van der Waals surface area contributed by atoms with Gasteiger partial charge in [-0.1, -0.05) is 24.3 Å². The Bertz CT molecular complexity index is 432. The number of benzene rings is 1. The molecule has 0 bridgehead atoms. The van der Waals surface area contributed by atoms with E-state index >= 15 is 0 Å². The Hall–Kier alpha value is -0.860. The molecule has 0 spiro atoms. The highest BCUT2D eigenvalue weighted by atomic mass is 15.3. The van der Waals surface area contributed by atoms with Crippen LogP contribution >= 0.6 is 0 Å². The highest BCUT2D eigenvalue weighted by Gasteiger charge is 2.54. The average Bonchev–Trinajstić information content (AvgIpc) is 3.20. The summed E-state index contributed by atoms with van der Waals surface area (Å²) in [5.41, 5.74) is 9.59. The molecule has 1 unspecified atom stereocenters. The van der Waals surface area contributed by atoms with Gasteiger partial charge in [0, 0.05) is 18.1 Å². The normalized spacial score (nSPS) is 31.4. The van der Waals surface area contributed by atoms with E-state index in [0.29, 0.717) is 6.04 Å². The first-order valence-electron chi connectivity index (χ1n) is 6.40. The summed E-state index contributed by atoms with van der Waals surface area (Å²) in [6, 6.07) is 10.2. The Morgan fingerprint density at radius 3 is 2.62 bits per heavy atom. The average molecular weight is 214 g/mol. The van der Waals surface area contributed by atoms with Crippen molar-refractivity contribution in [1.29, 1.82) is 0 Å². The predicted molar refractivity (Wildman–Crippen MR) is 63.9 cm³/mol. The number of nitrogens with two attached hydrogens (primary N) is 1. The van der Waals surface area contributed by atoms with Crippen LogP contribution < -0.4 is 5.73 Å². The SMILES string of the molecule is NC1(C2c3ccccc3CN2C2CC2)CC1. The lowest BCUT2D eigenvalue weighted by Gasteiger charge is -2.30. The Balaban J connectivity index is 1.78. The largest absolute Gasteiger partial charge is 0.323 e. The predicted octanol–water partition coefficient (Wildman–Crippen LogP) is 2.20. The van der Waals surface area contributed by atoms with E-state index in [1.54, 1.807) is 0 Å². The third-order valence-electron chi connectivity index (χ3n) is 4.42. The van der Waals surface area contributed by atoms with E-state index in [0.717, 1.165) is 12.6 Å². The molecule has 1 atom stereocenters. The van der Waals surface area contributed by atoms with Crippen LogP contribution in [0.3, 0.4) is 0 Å². The van der Waals surface area contributed by atoms with Crippen molar-refractivity contribution in [1.82, 2.24) is 4.90 Å². The van der Waals surface area contributed by atoms with Crippen LogP contribution in [0.5, 0.6) is 0 Å². The zero-order valence-electron chi connectivity index (χ0n) is 9.52. The van der Waals surface area contributed by atoms with Crippen LogP contribution in [0.15, 0.2) is 24.3 Å². The van der Waals surface area contributed by atoms with Gasteiger partial charge in [-0.15, -0.1) is 0 Å². The molecule has 1 aliphatic heterocycles. The molecule has 0 aromatic heterocycles. The molecule has 2 nitrogen and oxygen atoms in total. The molecule has 4 rings (SSSR count). The van der Waals surface area contributed by atoms with Gasteiger partial charge in [0.05, 0.1) is 6.04 Å². The molecule has 2 aliphatic carbocycles. The first-order chi connectivity index (χ1) is 7.78. The van der Waals surface area contributed by atoms with Crippen LogP contribution in [0.2, 0.25) is 0 Å². The van der Waals surface area contributed by atoms with Gasteiger partial charge in [-0.25, -0.2) is 0 Å². The summed E-state index contributed by atoms with van der Waals surface area (Å²) in [4.78, 5) is 2.66. The molecular formula is C14H18N2. The third kappa shape index (κ3) is 1.20. The minimum atomic E-state index is 0.0925. The molecular weight excluding hydrogens is 196 g/mol. The Morgan fingerprint density at radius 2 is 1.94 bits per heavy atom. The van der Waals surface area contributed by atoms with Crippen molar-refractivity contribution >= 4 is 0 Å². The fourth-order valence-electron chi connectivity index (χ4n) is 3.22. The highest BCUT2D eigenvalue weighted by molar-refractivity contribution is 5.39. The van der Waals surface area contributed by atoms with Crippen molar-refractivity contribution in [3.63, 3.8) is 0 Å². The summed E-state index contributed by atoms with van der Waals surface area (Å²) in [6.07, 6.45) is 5.16. The number of fused-ring (bicyclic) bond motifs is 1. The lowest BCUT2D eigenvalue weighted by atomic mass is 9.97. The van der Waals surface area contributed by atoms with Gasteiger partial charge < -0.3 is 5.73 Å². The zero-order valence-corrected chi connectivity index (χ0v) is 9.52. The Kier molecular flexibility index (Phi) is 1.65. The van der Waals surface area contributed by atoms with E-state index in [-0.39, 0.29) is 5.54 Å². The monoisotopic (exact) mass is 214 g/mol. The number of hydrogen-bond donors (Lipinski definition) is 1. The maximum atomic E-state index is 6.48. The van der Waals surface area contributed by atoms with Crippen molar-refractivity contribution in [3.8, 4) is 0 Å². The summed E-state index contributed by atoms with van der Waals surface area (Å²) in [6.45, 7) is 1.13. The van der Waals surface area contributed by atoms with Gasteiger partial charge >= 0.3 is 0 Å². The van der Waals surface area contributed by atoms with Crippen molar-refractivity contribution in [2.75, 3.05) is 0 Å². The molecule has 2 saturated carbocycles. The number of hydrogen-bond acceptors (Lipinski definition) is 2. The quantitative estimate of drug-likeness (QED) is 0.817. The smallest absolute Gasteiger partial charge is 0.0537 e. The van der Waals surface area contributed by atoms with Crippen molar-refractivity contribution in [2.24, 2.45) is 5.73 Å². The van der Waals surface area contributed by atoms with Crippen LogP contribution in [-0.4, -0.2) is 16.5 Å². The standard InChI is InChI=1S/C14H18N2/c15-14(7-8-14)13-12-4-2-1-3-10(12)9-16(13)11-5-6-11/h1-4,11,13H,5-9,15H2. The maximum Gasteiger partial charge on any atom is 0.0537 e. The molecule has 3 aliphatic rings. The lowest BCUT2D eigenvalue weighted by molar-refractivity contribution is 0.170. The van der Waals surface area contributed by atoms with E-state index in [1.165, 1.54) is 36.8 Å². The van der Waals surface area contributed by atoms with Crippen LogP contribution in [0.4, 0.5) is 0 Å². The van der Waals surface area contributed by atoms with Crippen molar-refractivity contribution < 1.29 is 0 Å². The Morgan fingerprint density at radius 1 is 1.19 bits per heavy atom. The first-order valence-corrected chi connectivity index (χ1v) is 6.40. The zero-order chi connectivity index (χ0) is 10.8. The minimum absolute atomic E-state index is 0.0925. The first kappa shape index (κ1) is 9.20. The topological polar surface area (TPSA) is 29.3 Å². The van der Waals surface area contributed by atoms with Crippen molar-refractivity contribution in [2.45, 2.75) is 49.9 Å². The van der Waals surface area contributed by atoms with E-state index in [2.05, 4.69) is 29.2 Å². The second kappa shape index (κ2) is 2.88. The molecule has 2 N–H and O–H groups in total. The molecule has 0 amide bonds. The fraction of sp³-hybridized carbons (Fsp3) is 0.571. The third-order valence-corrected chi connectivity index (χ3v) is 4.42. The van der Waals surface area contributed by atoms with Gasteiger partial charge in [0.15, 0.2) is 0 Å². The van der Waals surface area contributed by atoms with Gasteiger partial charge in [0.2, 0.25) is 0 Å². The van der Waals surface area contributed by atoms with Crippen LogP contribution in [0.25, 0.3) is 0 Å². The van der Waals surface area contributed by atoms with E-state index in [9.17, 15) is 0 Å². The van der Waals surface area contributed by atoms with Gasteiger partial charge in [-0.2, -0.15) is 0 Å². The molecule has 0 saturated heterocycles. The fourth-order valence-corrected chi connectivity index (χ4v) is 3.22. The maximum absolute atomic E-state index is 6.48. The summed E-state index contributed by atoms with van der Waals surface area (Å²) in [7, 11) is 0. The highest BCUT2D eigenvalue weighted by Crippen LogP contribution is 2.53.